The van der Waals surface area contributed by atoms with Crippen molar-refractivity contribution in [2.75, 3.05) is 5.75 Å². The van der Waals surface area contributed by atoms with Crippen LogP contribution in [0.1, 0.15) is 27.7 Å². The molecule has 2 aliphatic heterocycles. The second kappa shape index (κ2) is 5.88. The van der Waals surface area contributed by atoms with Crippen LogP contribution in [0.5, 0.6) is 0 Å². The average Bonchev–Trinajstić information content (AvgIpc) is 3.02. The van der Waals surface area contributed by atoms with Crippen molar-refractivity contribution in [1.29, 1.82) is 0 Å². The number of hydrogen-bond acceptors (Lipinski definition) is 4. The molecule has 0 unspecified atom stereocenters. The molecule has 0 radical (unpaired) electrons. The van der Waals surface area contributed by atoms with Gasteiger partial charge in [-0.3, -0.25) is 4.79 Å². The molecule has 1 fully saturated rings. The third-order valence-electron chi connectivity index (χ3n) is 5.42. The number of thioether (sulfide) groups is 1. The van der Waals surface area contributed by atoms with E-state index < -0.39 is 0 Å². The van der Waals surface area contributed by atoms with Crippen LogP contribution >= 0.6 is 23.1 Å². The highest BCUT2D eigenvalue weighted by Gasteiger charge is 2.56. The van der Waals surface area contributed by atoms with Gasteiger partial charge in [-0.15, -0.1) is 11.3 Å². The first-order chi connectivity index (χ1) is 11.5. The lowest BCUT2D eigenvalue weighted by molar-refractivity contribution is -0.155. The predicted octanol–water partition coefficient (Wildman–Crippen LogP) is 4.80. The van der Waals surface area contributed by atoms with Crippen molar-refractivity contribution in [3.05, 3.63) is 35.5 Å². The molecule has 126 valence electrons. The lowest BCUT2D eigenvalue weighted by Crippen LogP contribution is -2.61. The Morgan fingerprint density at radius 3 is 2.79 bits per heavy atom. The molecule has 1 saturated heterocycles. The van der Waals surface area contributed by atoms with Gasteiger partial charge in [0.05, 0.1) is 22.2 Å². The summed E-state index contributed by atoms with van der Waals surface area (Å²) in [7, 11) is 0. The summed E-state index contributed by atoms with van der Waals surface area (Å²) in [5, 5.41) is 0. The molecule has 4 rings (SSSR count). The molecule has 3 heterocycles. The molecule has 2 aromatic rings. The first-order valence-electron chi connectivity index (χ1n) is 8.50. The van der Waals surface area contributed by atoms with Gasteiger partial charge in [-0.25, -0.2) is 4.98 Å². The van der Waals surface area contributed by atoms with Crippen LogP contribution in [0.2, 0.25) is 0 Å². The van der Waals surface area contributed by atoms with Crippen LogP contribution < -0.4 is 0 Å². The highest BCUT2D eigenvalue weighted by atomic mass is 32.2. The number of amides is 1. The van der Waals surface area contributed by atoms with Crippen LogP contribution in [0.3, 0.4) is 0 Å². The standard InChI is InChI=1S/C19H22N2OS2/c1-10(2)16-17-11(3)13(12(4)21(17)18(16)22)9-23-19-20-14-7-5-6-8-15(14)24-19/h5-8,10-11,16-17H,9H2,1-4H3/t11-,16+,17+/m0/s1. The summed E-state index contributed by atoms with van der Waals surface area (Å²) in [5.41, 5.74) is 3.68. The molecule has 5 heteroatoms. The van der Waals surface area contributed by atoms with Crippen LogP contribution in [0, 0.1) is 17.8 Å². The fourth-order valence-electron chi connectivity index (χ4n) is 4.11. The molecule has 0 N–H and O–H groups in total. The average molecular weight is 359 g/mol. The van der Waals surface area contributed by atoms with Crippen LogP contribution in [-0.4, -0.2) is 27.6 Å². The quantitative estimate of drug-likeness (QED) is 0.582. The predicted molar refractivity (Wildman–Crippen MR) is 101 cm³/mol. The molecular weight excluding hydrogens is 336 g/mol. The Labute approximate surface area is 151 Å². The van der Waals surface area contributed by atoms with Crippen LogP contribution in [0.25, 0.3) is 10.2 Å². The Morgan fingerprint density at radius 1 is 1.33 bits per heavy atom. The van der Waals surface area contributed by atoms with Crippen molar-refractivity contribution in [2.24, 2.45) is 17.8 Å². The number of allylic oxidation sites excluding steroid dienone is 1. The number of β-lactam (4-membered cyclic amide) rings is 1. The van der Waals surface area contributed by atoms with Crippen molar-refractivity contribution in [3.63, 3.8) is 0 Å². The maximum absolute atomic E-state index is 12.5. The van der Waals surface area contributed by atoms with Crippen LogP contribution in [-0.2, 0) is 4.79 Å². The van der Waals surface area contributed by atoms with Gasteiger partial charge in [0.15, 0.2) is 4.34 Å². The Kier molecular flexibility index (Phi) is 3.96. The van der Waals surface area contributed by atoms with Crippen molar-refractivity contribution in [2.45, 2.75) is 38.1 Å². The molecule has 2 aliphatic rings. The van der Waals surface area contributed by atoms with E-state index in [-0.39, 0.29) is 5.92 Å². The van der Waals surface area contributed by atoms with Crippen molar-refractivity contribution in [3.8, 4) is 0 Å². The van der Waals surface area contributed by atoms with Crippen molar-refractivity contribution >= 4 is 39.2 Å². The minimum Gasteiger partial charge on any atom is -0.312 e. The Bertz CT molecular complexity index is 806. The second-order valence-electron chi connectivity index (χ2n) is 7.10. The molecule has 0 aliphatic carbocycles. The smallest absolute Gasteiger partial charge is 0.232 e. The van der Waals surface area contributed by atoms with Crippen molar-refractivity contribution in [1.82, 2.24) is 9.88 Å². The molecule has 0 bridgehead atoms. The Balaban J connectivity index is 1.52. The van der Waals surface area contributed by atoms with Gasteiger partial charge in [0, 0.05) is 17.4 Å². The molecule has 1 amide bonds. The van der Waals surface area contributed by atoms with E-state index >= 15 is 0 Å². The lowest BCUT2D eigenvalue weighted by Gasteiger charge is -2.47. The van der Waals surface area contributed by atoms with Gasteiger partial charge in [-0.2, -0.15) is 0 Å². The van der Waals surface area contributed by atoms with Gasteiger partial charge in [-0.05, 0) is 30.5 Å². The van der Waals surface area contributed by atoms with E-state index in [1.807, 2.05) is 11.0 Å². The van der Waals surface area contributed by atoms with Gasteiger partial charge in [0.2, 0.25) is 5.91 Å². The summed E-state index contributed by atoms with van der Waals surface area (Å²) in [5.74, 6) is 2.32. The summed E-state index contributed by atoms with van der Waals surface area (Å²) in [6.07, 6.45) is 0. The zero-order valence-corrected chi connectivity index (χ0v) is 16.1. The van der Waals surface area contributed by atoms with Crippen LogP contribution in [0.15, 0.2) is 39.9 Å². The number of nitrogens with zero attached hydrogens (tertiary/aromatic N) is 2. The third-order valence-corrected chi connectivity index (χ3v) is 7.65. The Hall–Kier alpha value is -1.33. The largest absolute Gasteiger partial charge is 0.312 e. The minimum absolute atomic E-state index is 0.194. The monoisotopic (exact) mass is 358 g/mol. The van der Waals surface area contributed by atoms with E-state index in [2.05, 4.69) is 45.9 Å². The van der Waals surface area contributed by atoms with Gasteiger partial charge in [0.1, 0.15) is 0 Å². The number of benzene rings is 1. The molecule has 0 spiro atoms. The number of para-hydroxylation sites is 1. The van der Waals surface area contributed by atoms with E-state index in [0.717, 1.165) is 15.6 Å². The number of carbonyl (C=O) groups is 1. The number of aromatic nitrogens is 1. The number of carbonyl (C=O) groups excluding carboxylic acids is 1. The molecule has 3 atom stereocenters. The fraction of sp³-hybridized carbons (Fsp3) is 0.474. The molecule has 1 aromatic heterocycles. The summed E-state index contributed by atoms with van der Waals surface area (Å²) >= 11 is 3.56. The summed E-state index contributed by atoms with van der Waals surface area (Å²) in [6, 6.07) is 8.66. The first-order valence-corrected chi connectivity index (χ1v) is 10.3. The molecular formula is C19H22N2OS2. The maximum Gasteiger partial charge on any atom is 0.232 e. The normalized spacial score (nSPS) is 26.5. The molecule has 24 heavy (non-hydrogen) atoms. The summed E-state index contributed by atoms with van der Waals surface area (Å²) in [6.45, 7) is 8.72. The lowest BCUT2D eigenvalue weighted by atomic mass is 9.75. The topological polar surface area (TPSA) is 33.2 Å². The molecule has 0 saturated carbocycles. The van der Waals surface area contributed by atoms with E-state index in [0.29, 0.717) is 23.8 Å². The van der Waals surface area contributed by atoms with E-state index in [9.17, 15) is 4.79 Å². The fourth-order valence-corrected chi connectivity index (χ4v) is 6.41. The third kappa shape index (κ3) is 2.32. The Morgan fingerprint density at radius 2 is 2.08 bits per heavy atom. The second-order valence-corrected chi connectivity index (χ2v) is 9.36. The molecule has 3 nitrogen and oxygen atoms in total. The van der Waals surface area contributed by atoms with Gasteiger partial charge >= 0.3 is 0 Å². The van der Waals surface area contributed by atoms with Crippen molar-refractivity contribution < 1.29 is 4.79 Å². The number of rotatable bonds is 4. The highest BCUT2D eigenvalue weighted by Crippen LogP contribution is 2.49. The summed E-state index contributed by atoms with van der Waals surface area (Å²) in [4.78, 5) is 19.2. The summed E-state index contributed by atoms with van der Waals surface area (Å²) < 4.78 is 2.36. The van der Waals surface area contributed by atoms with E-state index in [1.54, 1.807) is 23.1 Å². The molecule has 1 aromatic carbocycles. The van der Waals surface area contributed by atoms with Crippen LogP contribution in [0.4, 0.5) is 0 Å². The number of fused-ring (bicyclic) bond motifs is 2. The maximum atomic E-state index is 12.5. The minimum atomic E-state index is 0.194. The SMILES string of the molecule is CC1=C(CSc2nc3ccccc3s2)[C@H](C)[C@@H]2[C@@H](C(C)C)C(=O)N12. The highest BCUT2D eigenvalue weighted by molar-refractivity contribution is 8.01. The van der Waals surface area contributed by atoms with E-state index in [4.69, 9.17) is 4.98 Å². The van der Waals surface area contributed by atoms with Gasteiger partial charge < -0.3 is 4.90 Å². The van der Waals surface area contributed by atoms with Gasteiger partial charge in [-0.1, -0.05) is 44.7 Å². The number of hydrogen-bond donors (Lipinski definition) is 0. The number of thiazole rings is 1. The van der Waals surface area contributed by atoms with E-state index in [1.165, 1.54) is 16.0 Å². The zero-order chi connectivity index (χ0) is 17.0. The van der Waals surface area contributed by atoms with Gasteiger partial charge in [0.25, 0.3) is 0 Å². The zero-order valence-electron chi connectivity index (χ0n) is 14.4. The first kappa shape index (κ1) is 16.2.